The average molecular weight is 241 g/mol. The summed E-state index contributed by atoms with van der Waals surface area (Å²) in [5.74, 6) is 0.721. The van der Waals surface area contributed by atoms with E-state index in [0.29, 0.717) is 6.54 Å². The Morgan fingerprint density at radius 1 is 1.24 bits per heavy atom. The van der Waals surface area contributed by atoms with Crippen LogP contribution >= 0.6 is 0 Å². The van der Waals surface area contributed by atoms with E-state index in [1.807, 2.05) is 6.07 Å². The molecule has 3 heteroatoms. The third-order valence-corrected chi connectivity index (χ3v) is 2.67. The summed E-state index contributed by atoms with van der Waals surface area (Å²) < 4.78 is 24.9. The fourth-order valence-corrected chi connectivity index (χ4v) is 1.71. The van der Waals surface area contributed by atoms with E-state index >= 15 is 0 Å². The van der Waals surface area contributed by atoms with Gasteiger partial charge in [0.05, 0.1) is 0 Å². The largest absolute Gasteiger partial charge is 0.313 e. The van der Waals surface area contributed by atoms with Crippen molar-refractivity contribution in [1.82, 2.24) is 5.32 Å². The fraction of sp³-hybridized carbons (Fsp3) is 0.571. The van der Waals surface area contributed by atoms with Crippen molar-refractivity contribution in [2.24, 2.45) is 5.92 Å². The van der Waals surface area contributed by atoms with Gasteiger partial charge in [-0.3, -0.25) is 0 Å². The van der Waals surface area contributed by atoms with Gasteiger partial charge in [-0.15, -0.1) is 0 Å². The van der Waals surface area contributed by atoms with E-state index in [-0.39, 0.29) is 5.56 Å². The van der Waals surface area contributed by atoms with Gasteiger partial charge in [-0.2, -0.15) is 0 Å². The number of benzene rings is 1. The van der Waals surface area contributed by atoms with Gasteiger partial charge in [-0.05, 0) is 36.9 Å². The van der Waals surface area contributed by atoms with Gasteiger partial charge in [-0.25, -0.2) is 8.78 Å². The molecule has 0 saturated heterocycles. The Hall–Kier alpha value is -0.960. The second-order valence-electron chi connectivity index (χ2n) is 4.76. The normalized spacial score (nSPS) is 11.4. The van der Waals surface area contributed by atoms with Gasteiger partial charge in [0.25, 0.3) is 6.43 Å². The number of rotatable bonds is 7. The predicted molar refractivity (Wildman–Crippen MR) is 67.2 cm³/mol. The molecular formula is C14H21F2N. The van der Waals surface area contributed by atoms with Gasteiger partial charge in [-0.1, -0.05) is 32.0 Å². The molecule has 0 aliphatic heterocycles. The summed E-state index contributed by atoms with van der Waals surface area (Å²) in [6.45, 7) is 6.01. The molecule has 1 aromatic carbocycles. The first kappa shape index (κ1) is 14.1. The van der Waals surface area contributed by atoms with Gasteiger partial charge in [0, 0.05) is 12.1 Å². The quantitative estimate of drug-likeness (QED) is 0.707. The van der Waals surface area contributed by atoms with Crippen molar-refractivity contribution in [3.05, 3.63) is 35.4 Å². The van der Waals surface area contributed by atoms with E-state index in [9.17, 15) is 8.78 Å². The molecule has 0 radical (unpaired) electrons. The Morgan fingerprint density at radius 3 is 2.65 bits per heavy atom. The molecule has 1 rings (SSSR count). The maximum Gasteiger partial charge on any atom is 0.263 e. The van der Waals surface area contributed by atoms with Crippen molar-refractivity contribution in [1.29, 1.82) is 0 Å². The first-order valence-corrected chi connectivity index (χ1v) is 6.17. The van der Waals surface area contributed by atoms with E-state index < -0.39 is 6.43 Å². The Bertz CT molecular complexity index is 324. The third-order valence-electron chi connectivity index (χ3n) is 2.67. The summed E-state index contributed by atoms with van der Waals surface area (Å²) >= 11 is 0. The van der Waals surface area contributed by atoms with E-state index in [1.165, 1.54) is 12.5 Å². The lowest BCUT2D eigenvalue weighted by molar-refractivity contribution is 0.151. The van der Waals surface area contributed by atoms with Crippen LogP contribution in [-0.2, 0) is 6.54 Å². The standard InChI is InChI=1S/C14H21F2N/c1-11(2)5-4-8-17-10-12-6-3-7-13(9-12)14(15)16/h3,6-7,9,11,14,17H,4-5,8,10H2,1-2H3. The number of hydrogen-bond acceptors (Lipinski definition) is 1. The summed E-state index contributed by atoms with van der Waals surface area (Å²) in [6, 6.07) is 6.60. The zero-order valence-electron chi connectivity index (χ0n) is 10.5. The maximum atomic E-state index is 12.5. The molecule has 0 atom stereocenters. The second-order valence-corrected chi connectivity index (χ2v) is 4.76. The van der Waals surface area contributed by atoms with E-state index in [4.69, 9.17) is 0 Å². The van der Waals surface area contributed by atoms with Crippen LogP contribution in [0.2, 0.25) is 0 Å². The minimum atomic E-state index is -2.38. The molecule has 0 heterocycles. The Balaban J connectivity index is 2.29. The van der Waals surface area contributed by atoms with E-state index in [2.05, 4.69) is 19.2 Å². The molecule has 1 N–H and O–H groups in total. The molecule has 0 amide bonds. The molecule has 0 aliphatic rings. The monoisotopic (exact) mass is 241 g/mol. The first-order chi connectivity index (χ1) is 8.09. The summed E-state index contributed by atoms with van der Waals surface area (Å²) in [7, 11) is 0. The minimum absolute atomic E-state index is 0.103. The number of nitrogens with one attached hydrogen (secondary N) is 1. The molecule has 1 aromatic rings. The molecule has 0 spiro atoms. The van der Waals surface area contributed by atoms with Crippen LogP contribution in [0.5, 0.6) is 0 Å². The minimum Gasteiger partial charge on any atom is -0.313 e. The highest BCUT2D eigenvalue weighted by Crippen LogP contribution is 2.19. The van der Waals surface area contributed by atoms with Crippen LogP contribution in [0.4, 0.5) is 8.78 Å². The zero-order chi connectivity index (χ0) is 12.7. The smallest absolute Gasteiger partial charge is 0.263 e. The lowest BCUT2D eigenvalue weighted by Crippen LogP contribution is -2.15. The molecule has 96 valence electrons. The average Bonchev–Trinajstić information content (AvgIpc) is 2.28. The van der Waals surface area contributed by atoms with Crippen molar-refractivity contribution in [3.63, 3.8) is 0 Å². The van der Waals surface area contributed by atoms with Crippen molar-refractivity contribution < 1.29 is 8.78 Å². The van der Waals surface area contributed by atoms with Gasteiger partial charge < -0.3 is 5.32 Å². The lowest BCUT2D eigenvalue weighted by atomic mass is 10.1. The van der Waals surface area contributed by atoms with Crippen molar-refractivity contribution in [2.45, 2.75) is 39.7 Å². The fourth-order valence-electron chi connectivity index (χ4n) is 1.71. The SMILES string of the molecule is CC(C)CCCNCc1cccc(C(F)F)c1. The van der Waals surface area contributed by atoms with E-state index in [0.717, 1.165) is 24.4 Å². The number of alkyl halides is 2. The van der Waals surface area contributed by atoms with Crippen molar-refractivity contribution in [3.8, 4) is 0 Å². The number of hydrogen-bond donors (Lipinski definition) is 1. The molecule has 17 heavy (non-hydrogen) atoms. The molecule has 0 fully saturated rings. The van der Waals surface area contributed by atoms with Crippen LogP contribution in [0, 0.1) is 5.92 Å². The Labute approximate surface area is 102 Å². The molecule has 0 saturated carbocycles. The zero-order valence-corrected chi connectivity index (χ0v) is 10.5. The maximum absolute atomic E-state index is 12.5. The van der Waals surface area contributed by atoms with Crippen LogP contribution in [0.15, 0.2) is 24.3 Å². The molecule has 0 unspecified atom stereocenters. The van der Waals surface area contributed by atoms with Crippen molar-refractivity contribution in [2.75, 3.05) is 6.54 Å². The third kappa shape index (κ3) is 5.78. The van der Waals surface area contributed by atoms with Gasteiger partial charge >= 0.3 is 0 Å². The van der Waals surface area contributed by atoms with Crippen LogP contribution in [0.1, 0.15) is 44.2 Å². The van der Waals surface area contributed by atoms with E-state index in [1.54, 1.807) is 12.1 Å². The summed E-state index contributed by atoms with van der Waals surface area (Å²) in [5.41, 5.74) is 1.03. The summed E-state index contributed by atoms with van der Waals surface area (Å²) in [5, 5.41) is 3.28. The summed E-state index contributed by atoms with van der Waals surface area (Å²) in [6.07, 6.45) is -0.0492. The highest BCUT2D eigenvalue weighted by atomic mass is 19.3. The topological polar surface area (TPSA) is 12.0 Å². The van der Waals surface area contributed by atoms with Crippen LogP contribution in [0.3, 0.4) is 0 Å². The molecule has 0 aromatic heterocycles. The highest BCUT2D eigenvalue weighted by molar-refractivity contribution is 5.24. The van der Waals surface area contributed by atoms with Crippen LogP contribution < -0.4 is 5.32 Å². The van der Waals surface area contributed by atoms with Crippen LogP contribution in [0.25, 0.3) is 0 Å². The first-order valence-electron chi connectivity index (χ1n) is 6.17. The molecule has 0 bridgehead atoms. The van der Waals surface area contributed by atoms with Gasteiger partial charge in [0.15, 0.2) is 0 Å². The molecule has 1 nitrogen and oxygen atoms in total. The van der Waals surface area contributed by atoms with Crippen molar-refractivity contribution >= 4 is 0 Å². The molecule has 0 aliphatic carbocycles. The predicted octanol–water partition coefficient (Wildman–Crippen LogP) is 4.15. The lowest BCUT2D eigenvalue weighted by Gasteiger charge is -2.08. The van der Waals surface area contributed by atoms with Gasteiger partial charge in [0.2, 0.25) is 0 Å². The summed E-state index contributed by atoms with van der Waals surface area (Å²) in [4.78, 5) is 0. The second kappa shape index (κ2) is 7.38. The Morgan fingerprint density at radius 2 is 2.00 bits per heavy atom. The highest BCUT2D eigenvalue weighted by Gasteiger charge is 2.06. The Kier molecular flexibility index (Phi) is 6.12. The number of halogens is 2. The molecular weight excluding hydrogens is 220 g/mol. The van der Waals surface area contributed by atoms with Crippen LogP contribution in [-0.4, -0.2) is 6.54 Å². The van der Waals surface area contributed by atoms with Gasteiger partial charge in [0.1, 0.15) is 0 Å².